The zero-order chi connectivity index (χ0) is 14.3. The molecule has 0 amide bonds. The zero-order valence-electron chi connectivity index (χ0n) is 12.7. The van der Waals surface area contributed by atoms with Crippen LogP contribution in [0.3, 0.4) is 0 Å². The van der Waals surface area contributed by atoms with Crippen LogP contribution in [0.25, 0.3) is 0 Å². The predicted octanol–water partition coefficient (Wildman–Crippen LogP) is 4.20. The largest absolute Gasteiger partial charge is 0.353 e. The highest BCUT2D eigenvalue weighted by molar-refractivity contribution is 6.29. The summed E-state index contributed by atoms with van der Waals surface area (Å²) in [6.45, 7) is 7.52. The Morgan fingerprint density at radius 1 is 1.15 bits per heavy atom. The van der Waals surface area contributed by atoms with Crippen molar-refractivity contribution in [2.24, 2.45) is 5.92 Å². The molecule has 2 fully saturated rings. The van der Waals surface area contributed by atoms with Crippen molar-refractivity contribution in [1.82, 2.24) is 9.97 Å². The van der Waals surface area contributed by atoms with Gasteiger partial charge in [-0.25, -0.2) is 9.97 Å². The molecule has 1 aromatic heterocycles. The molecule has 0 bridgehead atoms. The molecule has 0 spiro atoms. The van der Waals surface area contributed by atoms with Gasteiger partial charge in [0.15, 0.2) is 0 Å². The molecule has 4 heteroatoms. The van der Waals surface area contributed by atoms with Crippen molar-refractivity contribution < 1.29 is 0 Å². The Morgan fingerprint density at radius 2 is 1.90 bits per heavy atom. The molecule has 3 nitrogen and oxygen atoms in total. The molecular formula is C16H24ClN3. The molecule has 2 unspecified atom stereocenters. The maximum Gasteiger partial charge on any atom is 0.137 e. The van der Waals surface area contributed by atoms with Gasteiger partial charge in [-0.1, -0.05) is 38.8 Å². The van der Waals surface area contributed by atoms with Crippen LogP contribution in [-0.2, 0) is 5.41 Å². The highest BCUT2D eigenvalue weighted by Gasteiger charge is 2.36. The molecule has 2 heterocycles. The zero-order valence-corrected chi connectivity index (χ0v) is 13.5. The lowest BCUT2D eigenvalue weighted by Gasteiger charge is -2.39. The van der Waals surface area contributed by atoms with E-state index in [2.05, 4.69) is 30.7 Å². The Labute approximate surface area is 126 Å². The van der Waals surface area contributed by atoms with E-state index in [1.54, 1.807) is 0 Å². The van der Waals surface area contributed by atoms with Gasteiger partial charge in [0.2, 0.25) is 0 Å². The minimum Gasteiger partial charge on any atom is -0.353 e. The van der Waals surface area contributed by atoms with Crippen LogP contribution in [0.1, 0.15) is 58.7 Å². The minimum atomic E-state index is -0.0650. The van der Waals surface area contributed by atoms with Gasteiger partial charge in [0.1, 0.15) is 16.8 Å². The van der Waals surface area contributed by atoms with Crippen molar-refractivity contribution in [3.63, 3.8) is 0 Å². The molecule has 1 aliphatic carbocycles. The van der Waals surface area contributed by atoms with E-state index in [-0.39, 0.29) is 5.41 Å². The Balaban J connectivity index is 1.95. The van der Waals surface area contributed by atoms with Crippen molar-refractivity contribution in [3.05, 3.63) is 17.0 Å². The van der Waals surface area contributed by atoms with E-state index in [4.69, 9.17) is 16.6 Å². The van der Waals surface area contributed by atoms with E-state index in [9.17, 15) is 0 Å². The number of hydrogen-bond acceptors (Lipinski definition) is 3. The minimum absolute atomic E-state index is 0.0650. The van der Waals surface area contributed by atoms with E-state index in [0.29, 0.717) is 11.2 Å². The molecule has 1 aromatic rings. The van der Waals surface area contributed by atoms with Crippen LogP contribution >= 0.6 is 11.6 Å². The van der Waals surface area contributed by atoms with Crippen LogP contribution in [0, 0.1) is 5.92 Å². The summed E-state index contributed by atoms with van der Waals surface area (Å²) in [7, 11) is 0. The summed E-state index contributed by atoms with van der Waals surface area (Å²) in [6.07, 6.45) is 6.69. The van der Waals surface area contributed by atoms with Crippen molar-refractivity contribution in [2.75, 3.05) is 11.4 Å². The number of anilines is 1. The Morgan fingerprint density at radius 3 is 2.65 bits per heavy atom. The summed E-state index contributed by atoms with van der Waals surface area (Å²) >= 11 is 6.24. The fourth-order valence-corrected chi connectivity index (χ4v) is 3.80. The lowest BCUT2D eigenvalue weighted by atomic mass is 9.92. The van der Waals surface area contributed by atoms with Gasteiger partial charge >= 0.3 is 0 Å². The summed E-state index contributed by atoms with van der Waals surface area (Å²) in [5.41, 5.74) is -0.0650. The number of fused-ring (bicyclic) bond motifs is 1. The van der Waals surface area contributed by atoms with E-state index in [1.807, 2.05) is 6.07 Å². The van der Waals surface area contributed by atoms with Crippen LogP contribution < -0.4 is 4.90 Å². The van der Waals surface area contributed by atoms with Gasteiger partial charge in [-0.2, -0.15) is 0 Å². The smallest absolute Gasteiger partial charge is 0.137 e. The van der Waals surface area contributed by atoms with Gasteiger partial charge in [0, 0.05) is 24.1 Å². The normalized spacial score (nSPS) is 26.7. The fraction of sp³-hybridized carbons (Fsp3) is 0.750. The second-order valence-corrected chi connectivity index (χ2v) is 7.60. The molecule has 3 rings (SSSR count). The Bertz CT molecular complexity index is 495. The second kappa shape index (κ2) is 5.18. The average Bonchev–Trinajstić information content (AvgIpc) is 2.84. The highest BCUT2D eigenvalue weighted by Crippen LogP contribution is 2.39. The fourth-order valence-electron chi connectivity index (χ4n) is 3.63. The third-order valence-corrected chi connectivity index (χ3v) is 4.83. The first-order valence-electron chi connectivity index (χ1n) is 7.77. The van der Waals surface area contributed by atoms with Crippen molar-refractivity contribution in [2.45, 2.75) is 64.3 Å². The molecule has 1 aliphatic heterocycles. The van der Waals surface area contributed by atoms with Crippen molar-refractivity contribution in [3.8, 4) is 0 Å². The van der Waals surface area contributed by atoms with Crippen LogP contribution in [-0.4, -0.2) is 22.6 Å². The molecular weight excluding hydrogens is 270 g/mol. The Hall–Kier alpha value is -0.830. The van der Waals surface area contributed by atoms with Crippen molar-refractivity contribution >= 4 is 17.4 Å². The van der Waals surface area contributed by atoms with Gasteiger partial charge in [0.25, 0.3) is 0 Å². The number of halogens is 1. The van der Waals surface area contributed by atoms with E-state index < -0.39 is 0 Å². The number of nitrogens with zero attached hydrogens (tertiary/aromatic N) is 3. The lowest BCUT2D eigenvalue weighted by Crippen LogP contribution is -2.43. The van der Waals surface area contributed by atoms with Crippen molar-refractivity contribution in [1.29, 1.82) is 0 Å². The maximum atomic E-state index is 6.24. The molecule has 0 radical (unpaired) electrons. The van der Waals surface area contributed by atoms with Crippen LogP contribution in [0.15, 0.2) is 6.07 Å². The second-order valence-electron chi connectivity index (χ2n) is 7.22. The maximum absolute atomic E-state index is 6.24. The standard InChI is InChI=1S/C16H24ClN3/c1-16(2,3)15-18-13(17)10-14(19-15)20-9-5-7-11-6-4-8-12(11)20/h10-12H,4-9H2,1-3H3. The van der Waals surface area contributed by atoms with Gasteiger partial charge in [-0.3, -0.25) is 0 Å². The Kier molecular flexibility index (Phi) is 3.65. The monoisotopic (exact) mass is 293 g/mol. The SMILES string of the molecule is CC(C)(C)c1nc(Cl)cc(N2CCCC3CCCC32)n1. The van der Waals surface area contributed by atoms with Crippen LogP contribution in [0.2, 0.25) is 5.15 Å². The van der Waals surface area contributed by atoms with Gasteiger partial charge in [-0.05, 0) is 31.6 Å². The summed E-state index contributed by atoms with van der Waals surface area (Å²) < 4.78 is 0. The molecule has 0 N–H and O–H groups in total. The summed E-state index contributed by atoms with van der Waals surface area (Å²) in [5.74, 6) is 2.74. The van der Waals surface area contributed by atoms with Gasteiger partial charge in [0.05, 0.1) is 0 Å². The number of rotatable bonds is 1. The first-order chi connectivity index (χ1) is 9.45. The van der Waals surface area contributed by atoms with E-state index in [0.717, 1.165) is 24.1 Å². The molecule has 20 heavy (non-hydrogen) atoms. The van der Waals surface area contributed by atoms with E-state index >= 15 is 0 Å². The molecule has 1 saturated carbocycles. The predicted molar refractivity (Wildman–Crippen MR) is 83.5 cm³/mol. The first kappa shape index (κ1) is 14.1. The molecule has 0 aromatic carbocycles. The molecule has 1 saturated heterocycles. The van der Waals surface area contributed by atoms with Gasteiger partial charge < -0.3 is 4.90 Å². The topological polar surface area (TPSA) is 29.0 Å². The molecule has 2 atom stereocenters. The molecule has 2 aliphatic rings. The number of aromatic nitrogens is 2. The lowest BCUT2D eigenvalue weighted by molar-refractivity contribution is 0.359. The summed E-state index contributed by atoms with van der Waals surface area (Å²) in [6, 6.07) is 2.61. The summed E-state index contributed by atoms with van der Waals surface area (Å²) in [4.78, 5) is 11.7. The third-order valence-electron chi connectivity index (χ3n) is 4.64. The average molecular weight is 294 g/mol. The quantitative estimate of drug-likeness (QED) is 0.727. The van der Waals surface area contributed by atoms with Gasteiger partial charge in [-0.15, -0.1) is 0 Å². The number of piperidine rings is 1. The van der Waals surface area contributed by atoms with E-state index in [1.165, 1.54) is 32.1 Å². The highest BCUT2D eigenvalue weighted by atomic mass is 35.5. The van der Waals surface area contributed by atoms with Crippen LogP contribution in [0.5, 0.6) is 0 Å². The summed E-state index contributed by atoms with van der Waals surface area (Å²) in [5, 5.41) is 0.569. The molecule has 110 valence electrons. The third kappa shape index (κ3) is 2.65. The first-order valence-corrected chi connectivity index (χ1v) is 8.14. The number of hydrogen-bond donors (Lipinski definition) is 0. The van der Waals surface area contributed by atoms with Crippen LogP contribution in [0.4, 0.5) is 5.82 Å².